The van der Waals surface area contributed by atoms with Gasteiger partial charge in [-0.2, -0.15) is 0 Å². The monoisotopic (exact) mass is 260 g/mol. The standard InChI is InChI=1S/C16H24N2O/c1-12(2)18(11-14-8-9-14)16(19)15(17)10-13-6-4-3-5-7-13/h3-7,12,14-15H,8-11,17H2,1-2H3. The van der Waals surface area contributed by atoms with Crippen molar-refractivity contribution in [3.05, 3.63) is 35.9 Å². The van der Waals surface area contributed by atoms with E-state index in [1.165, 1.54) is 12.8 Å². The highest BCUT2D eigenvalue weighted by atomic mass is 16.2. The summed E-state index contributed by atoms with van der Waals surface area (Å²) in [6.45, 7) is 5.00. The fourth-order valence-electron chi connectivity index (χ4n) is 2.30. The normalized spacial score (nSPS) is 16.4. The maximum Gasteiger partial charge on any atom is 0.240 e. The molecule has 0 spiro atoms. The third-order valence-corrected chi connectivity index (χ3v) is 3.67. The van der Waals surface area contributed by atoms with Crippen LogP contribution < -0.4 is 5.73 Å². The third kappa shape index (κ3) is 4.06. The van der Waals surface area contributed by atoms with Crippen molar-refractivity contribution in [2.45, 2.75) is 45.2 Å². The molecule has 1 unspecified atom stereocenters. The highest BCUT2D eigenvalue weighted by Gasteiger charge is 2.30. The Hall–Kier alpha value is -1.35. The van der Waals surface area contributed by atoms with Crippen molar-refractivity contribution >= 4 is 5.91 Å². The summed E-state index contributed by atoms with van der Waals surface area (Å²) < 4.78 is 0. The predicted octanol–water partition coefficient (Wildman–Crippen LogP) is 2.20. The minimum absolute atomic E-state index is 0.0887. The molecule has 19 heavy (non-hydrogen) atoms. The molecule has 0 saturated heterocycles. The number of benzene rings is 1. The molecule has 1 amide bonds. The van der Waals surface area contributed by atoms with Crippen molar-refractivity contribution in [3.63, 3.8) is 0 Å². The first-order chi connectivity index (χ1) is 9.08. The second-order valence-electron chi connectivity index (χ2n) is 5.82. The highest BCUT2D eigenvalue weighted by molar-refractivity contribution is 5.82. The first kappa shape index (κ1) is 14.1. The van der Waals surface area contributed by atoms with E-state index in [0.717, 1.165) is 12.1 Å². The zero-order chi connectivity index (χ0) is 13.8. The third-order valence-electron chi connectivity index (χ3n) is 3.67. The number of carbonyl (C=O) groups excluding carboxylic acids is 1. The van der Waals surface area contributed by atoms with Crippen LogP contribution in [0.25, 0.3) is 0 Å². The first-order valence-electron chi connectivity index (χ1n) is 7.18. The number of hydrogen-bond donors (Lipinski definition) is 1. The Kier molecular flexibility index (Phi) is 4.59. The number of carbonyl (C=O) groups is 1. The van der Waals surface area contributed by atoms with Crippen molar-refractivity contribution in [2.24, 2.45) is 11.7 Å². The molecule has 0 heterocycles. The van der Waals surface area contributed by atoms with E-state index in [-0.39, 0.29) is 11.9 Å². The smallest absolute Gasteiger partial charge is 0.240 e. The average Bonchev–Trinajstić information content (AvgIpc) is 3.20. The molecule has 0 aliphatic heterocycles. The Morgan fingerprint density at radius 1 is 1.32 bits per heavy atom. The summed E-state index contributed by atoms with van der Waals surface area (Å²) in [4.78, 5) is 14.4. The molecular formula is C16H24N2O. The lowest BCUT2D eigenvalue weighted by Gasteiger charge is -2.29. The Morgan fingerprint density at radius 3 is 2.47 bits per heavy atom. The van der Waals surface area contributed by atoms with Crippen LogP contribution in [0, 0.1) is 5.92 Å². The van der Waals surface area contributed by atoms with E-state index in [9.17, 15) is 4.79 Å². The Balaban J connectivity index is 1.95. The minimum atomic E-state index is -0.427. The summed E-state index contributed by atoms with van der Waals surface area (Å²) in [6, 6.07) is 9.79. The second kappa shape index (κ2) is 6.20. The van der Waals surface area contributed by atoms with Crippen LogP contribution >= 0.6 is 0 Å². The molecule has 0 bridgehead atoms. The summed E-state index contributed by atoms with van der Waals surface area (Å²) in [5.41, 5.74) is 7.22. The Morgan fingerprint density at radius 2 is 1.95 bits per heavy atom. The zero-order valence-corrected chi connectivity index (χ0v) is 11.9. The van der Waals surface area contributed by atoms with Gasteiger partial charge in [0.1, 0.15) is 0 Å². The van der Waals surface area contributed by atoms with Crippen molar-refractivity contribution < 1.29 is 4.79 Å². The van der Waals surface area contributed by atoms with Crippen molar-refractivity contribution in [2.75, 3.05) is 6.54 Å². The molecule has 2 N–H and O–H groups in total. The van der Waals surface area contributed by atoms with Crippen LogP contribution in [0.15, 0.2) is 30.3 Å². The number of rotatable bonds is 6. The summed E-state index contributed by atoms with van der Waals surface area (Å²) >= 11 is 0. The van der Waals surface area contributed by atoms with E-state index in [2.05, 4.69) is 13.8 Å². The maximum absolute atomic E-state index is 12.5. The molecule has 1 fully saturated rings. The summed E-state index contributed by atoms with van der Waals surface area (Å²) in [7, 11) is 0. The molecule has 1 aromatic rings. The van der Waals surface area contributed by atoms with Gasteiger partial charge in [0.15, 0.2) is 0 Å². The van der Waals surface area contributed by atoms with E-state index < -0.39 is 6.04 Å². The molecule has 1 aromatic carbocycles. The number of nitrogens with zero attached hydrogens (tertiary/aromatic N) is 1. The first-order valence-corrected chi connectivity index (χ1v) is 7.18. The summed E-state index contributed by atoms with van der Waals surface area (Å²) in [5, 5.41) is 0. The van der Waals surface area contributed by atoms with Crippen LogP contribution in [0.3, 0.4) is 0 Å². The van der Waals surface area contributed by atoms with Gasteiger partial charge in [0.05, 0.1) is 6.04 Å². The summed E-state index contributed by atoms with van der Waals surface area (Å²) in [5.74, 6) is 0.793. The molecule has 2 rings (SSSR count). The molecule has 0 radical (unpaired) electrons. The van der Waals surface area contributed by atoms with Gasteiger partial charge in [-0.1, -0.05) is 30.3 Å². The molecule has 1 aliphatic rings. The molecule has 1 aliphatic carbocycles. The molecular weight excluding hydrogens is 236 g/mol. The van der Waals surface area contributed by atoms with Gasteiger partial charge in [-0.05, 0) is 44.6 Å². The number of amides is 1. The molecule has 104 valence electrons. The summed E-state index contributed by atoms with van der Waals surface area (Å²) in [6.07, 6.45) is 3.13. The lowest BCUT2D eigenvalue weighted by molar-refractivity contribution is -0.134. The van der Waals surface area contributed by atoms with Gasteiger partial charge in [0, 0.05) is 12.6 Å². The second-order valence-corrected chi connectivity index (χ2v) is 5.82. The van der Waals surface area contributed by atoms with Gasteiger partial charge < -0.3 is 10.6 Å². The minimum Gasteiger partial charge on any atom is -0.339 e. The maximum atomic E-state index is 12.5. The average molecular weight is 260 g/mol. The molecule has 1 saturated carbocycles. The van der Waals surface area contributed by atoms with Gasteiger partial charge in [0.25, 0.3) is 0 Å². The number of hydrogen-bond acceptors (Lipinski definition) is 2. The molecule has 3 nitrogen and oxygen atoms in total. The SMILES string of the molecule is CC(C)N(CC1CC1)C(=O)C(N)Cc1ccccc1. The van der Waals surface area contributed by atoms with E-state index in [0.29, 0.717) is 12.3 Å². The van der Waals surface area contributed by atoms with Gasteiger partial charge in [0.2, 0.25) is 5.91 Å². The zero-order valence-electron chi connectivity index (χ0n) is 11.9. The van der Waals surface area contributed by atoms with Crippen molar-refractivity contribution in [3.8, 4) is 0 Å². The van der Waals surface area contributed by atoms with Crippen LogP contribution in [0.4, 0.5) is 0 Å². The largest absolute Gasteiger partial charge is 0.339 e. The Bertz CT molecular complexity index is 412. The lowest BCUT2D eigenvalue weighted by Crippen LogP contribution is -2.48. The quantitative estimate of drug-likeness (QED) is 0.852. The highest BCUT2D eigenvalue weighted by Crippen LogP contribution is 2.30. The van der Waals surface area contributed by atoms with E-state index in [4.69, 9.17) is 5.73 Å². The van der Waals surface area contributed by atoms with Crippen LogP contribution in [-0.2, 0) is 11.2 Å². The molecule has 0 aromatic heterocycles. The Labute approximate surface area is 115 Å². The van der Waals surface area contributed by atoms with Gasteiger partial charge in [-0.25, -0.2) is 0 Å². The van der Waals surface area contributed by atoms with E-state index in [1.54, 1.807) is 0 Å². The van der Waals surface area contributed by atoms with E-state index >= 15 is 0 Å². The fourth-order valence-corrected chi connectivity index (χ4v) is 2.30. The van der Waals surface area contributed by atoms with Gasteiger partial charge in [-0.3, -0.25) is 4.79 Å². The number of nitrogens with two attached hydrogens (primary N) is 1. The molecule has 3 heteroatoms. The van der Waals surface area contributed by atoms with Crippen molar-refractivity contribution in [1.29, 1.82) is 0 Å². The molecule has 1 atom stereocenters. The topological polar surface area (TPSA) is 46.3 Å². The fraction of sp³-hybridized carbons (Fsp3) is 0.562. The van der Waals surface area contributed by atoms with Crippen molar-refractivity contribution in [1.82, 2.24) is 4.90 Å². The van der Waals surface area contributed by atoms with Crippen LogP contribution in [0.1, 0.15) is 32.3 Å². The van der Waals surface area contributed by atoms with Gasteiger partial charge >= 0.3 is 0 Å². The predicted molar refractivity (Wildman–Crippen MR) is 77.7 cm³/mol. The lowest BCUT2D eigenvalue weighted by atomic mass is 10.0. The van der Waals surface area contributed by atoms with Gasteiger partial charge in [-0.15, -0.1) is 0 Å². The van der Waals surface area contributed by atoms with Crippen LogP contribution in [0.5, 0.6) is 0 Å². The van der Waals surface area contributed by atoms with E-state index in [1.807, 2.05) is 35.2 Å². The van der Waals surface area contributed by atoms with Crippen LogP contribution in [-0.4, -0.2) is 29.4 Å². The van der Waals surface area contributed by atoms with Crippen LogP contribution in [0.2, 0.25) is 0 Å².